The second kappa shape index (κ2) is 4.79. The molecule has 0 bridgehead atoms. The summed E-state index contributed by atoms with van der Waals surface area (Å²) in [6.07, 6.45) is 11.0. The molecule has 0 saturated carbocycles. The minimum atomic E-state index is -0.342. The van der Waals surface area contributed by atoms with Gasteiger partial charge in [0.15, 0.2) is 0 Å². The zero-order chi connectivity index (χ0) is 10.6. The zero-order valence-electron chi connectivity index (χ0n) is 9.59. The lowest BCUT2D eigenvalue weighted by Gasteiger charge is -2.23. The van der Waals surface area contributed by atoms with Gasteiger partial charge in [-0.1, -0.05) is 44.6 Å². The van der Waals surface area contributed by atoms with E-state index in [1.807, 2.05) is 6.08 Å². The first-order valence-corrected chi connectivity index (χ1v) is 5.55. The molecule has 0 saturated heterocycles. The van der Waals surface area contributed by atoms with Crippen molar-refractivity contribution in [2.75, 3.05) is 0 Å². The summed E-state index contributed by atoms with van der Waals surface area (Å²) >= 11 is 0. The maximum absolute atomic E-state index is 9.80. The number of rotatable bonds is 2. The highest BCUT2D eigenvalue weighted by Crippen LogP contribution is 2.22. The third-order valence-corrected chi connectivity index (χ3v) is 2.71. The lowest BCUT2D eigenvalue weighted by molar-refractivity contribution is 0.105. The van der Waals surface area contributed by atoms with Crippen LogP contribution in [0.2, 0.25) is 0 Å². The highest BCUT2D eigenvalue weighted by Gasteiger charge is 2.18. The molecular formula is C13H22O. The minimum absolute atomic E-state index is 0.0499. The van der Waals surface area contributed by atoms with Gasteiger partial charge in [-0.25, -0.2) is 0 Å². The average molecular weight is 194 g/mol. The van der Waals surface area contributed by atoms with Crippen LogP contribution >= 0.6 is 0 Å². The Labute approximate surface area is 87.5 Å². The lowest BCUT2D eigenvalue weighted by Crippen LogP contribution is -2.23. The summed E-state index contributed by atoms with van der Waals surface area (Å²) in [5, 5.41) is 9.80. The summed E-state index contributed by atoms with van der Waals surface area (Å²) in [6, 6.07) is 0. The molecule has 0 aromatic rings. The molecule has 1 N–H and O–H groups in total. The fourth-order valence-corrected chi connectivity index (χ4v) is 1.52. The van der Waals surface area contributed by atoms with Crippen molar-refractivity contribution < 1.29 is 5.11 Å². The average Bonchev–Trinajstić information content (AvgIpc) is 2.14. The molecular weight excluding hydrogens is 172 g/mol. The monoisotopic (exact) mass is 194 g/mol. The van der Waals surface area contributed by atoms with Crippen LogP contribution in [0, 0.1) is 5.41 Å². The van der Waals surface area contributed by atoms with Crippen LogP contribution in [-0.4, -0.2) is 11.2 Å². The van der Waals surface area contributed by atoms with E-state index < -0.39 is 0 Å². The summed E-state index contributed by atoms with van der Waals surface area (Å²) in [4.78, 5) is 0. The normalized spacial score (nSPS) is 21.0. The van der Waals surface area contributed by atoms with E-state index in [1.165, 1.54) is 31.3 Å². The summed E-state index contributed by atoms with van der Waals surface area (Å²) in [5.74, 6) is 0. The third kappa shape index (κ3) is 3.67. The molecule has 0 aromatic carbocycles. The number of aliphatic hydroxyl groups excluding tert-OH is 1. The van der Waals surface area contributed by atoms with Crippen LogP contribution in [0.5, 0.6) is 0 Å². The minimum Gasteiger partial charge on any atom is -0.388 e. The molecule has 0 amide bonds. The molecule has 1 aliphatic rings. The van der Waals surface area contributed by atoms with Gasteiger partial charge >= 0.3 is 0 Å². The van der Waals surface area contributed by atoms with Gasteiger partial charge in [0.25, 0.3) is 0 Å². The van der Waals surface area contributed by atoms with E-state index in [2.05, 4.69) is 32.9 Å². The lowest BCUT2D eigenvalue weighted by atomic mass is 9.88. The Morgan fingerprint density at radius 1 is 1.36 bits per heavy atom. The number of aliphatic hydroxyl groups is 1. The Kier molecular flexibility index (Phi) is 3.94. The van der Waals surface area contributed by atoms with Crippen molar-refractivity contribution in [2.45, 2.75) is 52.6 Å². The van der Waals surface area contributed by atoms with Gasteiger partial charge in [0, 0.05) is 0 Å². The van der Waals surface area contributed by atoms with Crippen molar-refractivity contribution in [3.05, 3.63) is 23.8 Å². The highest BCUT2D eigenvalue weighted by molar-refractivity contribution is 5.21. The van der Waals surface area contributed by atoms with Gasteiger partial charge in [-0.15, -0.1) is 0 Å². The van der Waals surface area contributed by atoms with Gasteiger partial charge in [0.1, 0.15) is 0 Å². The molecule has 14 heavy (non-hydrogen) atoms. The standard InChI is InChI=1S/C13H22O/c1-13(2,3)12(14)10-9-11-7-5-4-6-8-11/h7,9-10,12,14H,4-6,8H2,1-3H3/b10-9+/t12-/m1/s1. The molecule has 1 nitrogen and oxygen atoms in total. The van der Waals surface area contributed by atoms with Crippen molar-refractivity contribution in [3.8, 4) is 0 Å². The van der Waals surface area contributed by atoms with Crippen LogP contribution in [0.1, 0.15) is 46.5 Å². The predicted molar refractivity (Wildman–Crippen MR) is 61.2 cm³/mol. The predicted octanol–water partition coefficient (Wildman–Crippen LogP) is 3.45. The van der Waals surface area contributed by atoms with Crippen molar-refractivity contribution >= 4 is 0 Å². The van der Waals surface area contributed by atoms with Gasteiger partial charge in [0.2, 0.25) is 0 Å². The molecule has 1 atom stereocenters. The van der Waals surface area contributed by atoms with Crippen molar-refractivity contribution in [3.63, 3.8) is 0 Å². The Morgan fingerprint density at radius 2 is 2.07 bits per heavy atom. The Balaban J connectivity index is 2.50. The van der Waals surface area contributed by atoms with Gasteiger partial charge < -0.3 is 5.11 Å². The maximum Gasteiger partial charge on any atom is 0.0772 e. The smallest absolute Gasteiger partial charge is 0.0772 e. The van der Waals surface area contributed by atoms with Crippen molar-refractivity contribution in [1.29, 1.82) is 0 Å². The van der Waals surface area contributed by atoms with E-state index in [4.69, 9.17) is 0 Å². The largest absolute Gasteiger partial charge is 0.388 e. The maximum atomic E-state index is 9.80. The number of hydrogen-bond donors (Lipinski definition) is 1. The molecule has 1 aliphatic carbocycles. The quantitative estimate of drug-likeness (QED) is 0.714. The van der Waals surface area contributed by atoms with E-state index in [9.17, 15) is 5.11 Å². The molecule has 0 aromatic heterocycles. The third-order valence-electron chi connectivity index (χ3n) is 2.71. The number of hydrogen-bond acceptors (Lipinski definition) is 1. The molecule has 80 valence electrons. The fourth-order valence-electron chi connectivity index (χ4n) is 1.52. The Bertz CT molecular complexity index is 230. The van der Waals surface area contributed by atoms with E-state index >= 15 is 0 Å². The second-order valence-corrected chi connectivity index (χ2v) is 5.19. The molecule has 0 spiro atoms. The van der Waals surface area contributed by atoms with Crippen LogP contribution in [0.15, 0.2) is 23.8 Å². The molecule has 1 heteroatoms. The van der Waals surface area contributed by atoms with E-state index in [-0.39, 0.29) is 11.5 Å². The topological polar surface area (TPSA) is 20.2 Å². The first kappa shape index (κ1) is 11.5. The second-order valence-electron chi connectivity index (χ2n) is 5.19. The number of allylic oxidation sites excluding steroid dienone is 3. The van der Waals surface area contributed by atoms with Crippen LogP contribution in [-0.2, 0) is 0 Å². The SMILES string of the molecule is CC(C)(C)[C@H](O)/C=C/C1=CCCCC1. The molecule has 0 radical (unpaired) electrons. The van der Waals surface area contributed by atoms with Gasteiger partial charge in [-0.3, -0.25) is 0 Å². The van der Waals surface area contributed by atoms with Crippen LogP contribution in [0.3, 0.4) is 0 Å². The van der Waals surface area contributed by atoms with Gasteiger partial charge in [0.05, 0.1) is 6.10 Å². The summed E-state index contributed by atoms with van der Waals surface area (Å²) in [5.41, 5.74) is 1.34. The van der Waals surface area contributed by atoms with Crippen molar-refractivity contribution in [2.24, 2.45) is 5.41 Å². The highest BCUT2D eigenvalue weighted by atomic mass is 16.3. The summed E-state index contributed by atoms with van der Waals surface area (Å²) < 4.78 is 0. The van der Waals surface area contributed by atoms with E-state index in [1.54, 1.807) is 0 Å². The van der Waals surface area contributed by atoms with E-state index in [0.29, 0.717) is 0 Å². The zero-order valence-corrected chi connectivity index (χ0v) is 9.59. The molecule has 0 aliphatic heterocycles. The molecule has 1 rings (SSSR count). The fraction of sp³-hybridized carbons (Fsp3) is 0.692. The van der Waals surface area contributed by atoms with Crippen LogP contribution in [0.4, 0.5) is 0 Å². The first-order chi connectivity index (χ1) is 6.50. The van der Waals surface area contributed by atoms with Gasteiger partial charge in [-0.05, 0) is 31.1 Å². The molecule has 0 fully saturated rings. The van der Waals surface area contributed by atoms with Gasteiger partial charge in [-0.2, -0.15) is 0 Å². The summed E-state index contributed by atoms with van der Waals surface area (Å²) in [6.45, 7) is 6.16. The molecule has 0 heterocycles. The van der Waals surface area contributed by atoms with E-state index in [0.717, 1.165) is 0 Å². The van der Waals surface area contributed by atoms with Crippen molar-refractivity contribution in [1.82, 2.24) is 0 Å². The Hall–Kier alpha value is -0.560. The summed E-state index contributed by atoms with van der Waals surface area (Å²) in [7, 11) is 0. The van der Waals surface area contributed by atoms with Crippen LogP contribution in [0.25, 0.3) is 0 Å². The first-order valence-electron chi connectivity index (χ1n) is 5.55. The van der Waals surface area contributed by atoms with Crippen LogP contribution < -0.4 is 0 Å². The molecule has 0 unspecified atom stereocenters. The Morgan fingerprint density at radius 3 is 2.57 bits per heavy atom.